The van der Waals surface area contributed by atoms with Gasteiger partial charge in [0.1, 0.15) is 19.8 Å². The second-order valence-corrected chi connectivity index (χ2v) is 4.49. The fourth-order valence-electron chi connectivity index (χ4n) is 1.35. The lowest BCUT2D eigenvalue weighted by Gasteiger charge is -2.33. The molecule has 7 heteroatoms. The van der Waals surface area contributed by atoms with Crippen molar-refractivity contribution in [2.75, 3.05) is 19.8 Å². The Labute approximate surface area is 110 Å². The van der Waals surface area contributed by atoms with Crippen LogP contribution < -0.4 is 5.32 Å². The van der Waals surface area contributed by atoms with E-state index in [1.165, 1.54) is 6.92 Å². The number of alkyl carbamates (subject to hydrolysis) is 1. The van der Waals surface area contributed by atoms with Crippen LogP contribution in [0.3, 0.4) is 0 Å². The summed E-state index contributed by atoms with van der Waals surface area (Å²) in [6, 6.07) is 0. The summed E-state index contributed by atoms with van der Waals surface area (Å²) in [7, 11) is 0. The summed E-state index contributed by atoms with van der Waals surface area (Å²) < 4.78 is 14.5. The van der Waals surface area contributed by atoms with Gasteiger partial charge < -0.3 is 14.2 Å². The van der Waals surface area contributed by atoms with E-state index < -0.39 is 23.6 Å². The Kier molecular flexibility index (Phi) is 4.91. The molecule has 0 atom stereocenters. The molecule has 0 aliphatic carbocycles. The van der Waals surface area contributed by atoms with E-state index in [4.69, 9.17) is 14.2 Å². The van der Waals surface area contributed by atoms with Gasteiger partial charge >= 0.3 is 12.2 Å². The molecule has 1 N–H and O–H groups in total. The summed E-state index contributed by atoms with van der Waals surface area (Å²) >= 11 is 0. The maximum atomic E-state index is 11.4. The quantitative estimate of drug-likeness (QED) is 0.613. The number of imide groups is 1. The minimum absolute atomic E-state index is 0.00785. The third kappa shape index (κ3) is 4.27. The number of ether oxygens (including phenoxy) is 3. The first-order chi connectivity index (χ1) is 8.88. The minimum Gasteiger partial charge on any atom is -0.448 e. The fourth-order valence-corrected chi connectivity index (χ4v) is 1.35. The standard InChI is InChI=1S/C12H17NO6/c1-4-12(6-18-11(16)19-7-12)5-17-10(15)13-9(14)8(2)3/h2,4-7H2,1,3H3,(H,13,14,15). The van der Waals surface area contributed by atoms with E-state index in [1.54, 1.807) is 0 Å². The van der Waals surface area contributed by atoms with E-state index in [1.807, 2.05) is 12.2 Å². The van der Waals surface area contributed by atoms with Gasteiger partial charge in [0, 0.05) is 5.57 Å². The summed E-state index contributed by atoms with van der Waals surface area (Å²) in [4.78, 5) is 33.4. The van der Waals surface area contributed by atoms with Gasteiger partial charge in [0.2, 0.25) is 0 Å². The Morgan fingerprint density at radius 1 is 1.42 bits per heavy atom. The molecule has 1 aliphatic rings. The lowest BCUT2D eigenvalue weighted by Crippen LogP contribution is -2.44. The molecule has 19 heavy (non-hydrogen) atoms. The molecule has 0 aromatic rings. The molecule has 0 radical (unpaired) electrons. The topological polar surface area (TPSA) is 90.9 Å². The molecule has 1 aliphatic heterocycles. The van der Waals surface area contributed by atoms with Gasteiger partial charge in [-0.05, 0) is 13.3 Å². The molecule has 2 amide bonds. The first kappa shape index (κ1) is 15.0. The van der Waals surface area contributed by atoms with E-state index >= 15 is 0 Å². The highest BCUT2D eigenvalue weighted by molar-refractivity contribution is 6.01. The summed E-state index contributed by atoms with van der Waals surface area (Å²) in [5.41, 5.74) is -0.366. The average molecular weight is 271 g/mol. The van der Waals surface area contributed by atoms with Gasteiger partial charge in [-0.2, -0.15) is 0 Å². The zero-order valence-corrected chi connectivity index (χ0v) is 11.0. The van der Waals surface area contributed by atoms with Gasteiger partial charge in [0.25, 0.3) is 5.91 Å². The minimum atomic E-state index is -0.863. The largest absolute Gasteiger partial charge is 0.508 e. The van der Waals surface area contributed by atoms with Crippen molar-refractivity contribution in [1.29, 1.82) is 0 Å². The van der Waals surface area contributed by atoms with Gasteiger partial charge in [0.15, 0.2) is 0 Å². The number of carbonyl (C=O) groups is 3. The molecule has 0 aromatic heterocycles. The fraction of sp³-hybridized carbons (Fsp3) is 0.583. The van der Waals surface area contributed by atoms with Gasteiger partial charge in [0.05, 0.1) is 5.41 Å². The zero-order valence-electron chi connectivity index (χ0n) is 11.0. The van der Waals surface area contributed by atoms with Gasteiger partial charge in [-0.1, -0.05) is 13.5 Å². The van der Waals surface area contributed by atoms with Crippen molar-refractivity contribution in [1.82, 2.24) is 5.32 Å². The van der Waals surface area contributed by atoms with Crippen molar-refractivity contribution in [3.8, 4) is 0 Å². The Balaban J connectivity index is 2.45. The third-order valence-corrected chi connectivity index (χ3v) is 2.86. The van der Waals surface area contributed by atoms with Crippen molar-refractivity contribution >= 4 is 18.2 Å². The second-order valence-electron chi connectivity index (χ2n) is 4.49. The lowest BCUT2D eigenvalue weighted by molar-refractivity contribution is -0.117. The van der Waals surface area contributed by atoms with Crippen molar-refractivity contribution in [2.45, 2.75) is 20.3 Å². The predicted molar refractivity (Wildman–Crippen MR) is 64.3 cm³/mol. The van der Waals surface area contributed by atoms with Crippen molar-refractivity contribution < 1.29 is 28.6 Å². The molecule has 1 heterocycles. The van der Waals surface area contributed by atoms with Crippen LogP contribution in [0.2, 0.25) is 0 Å². The van der Waals surface area contributed by atoms with Crippen molar-refractivity contribution in [3.63, 3.8) is 0 Å². The maximum absolute atomic E-state index is 11.4. The van der Waals surface area contributed by atoms with Crippen LogP contribution in [0.4, 0.5) is 9.59 Å². The van der Waals surface area contributed by atoms with E-state index in [0.717, 1.165) is 0 Å². The summed E-state index contributed by atoms with van der Waals surface area (Å²) in [6.07, 6.45) is -0.995. The summed E-state index contributed by atoms with van der Waals surface area (Å²) in [5.74, 6) is -0.595. The lowest BCUT2D eigenvalue weighted by atomic mass is 9.87. The zero-order chi connectivity index (χ0) is 14.5. The van der Waals surface area contributed by atoms with Gasteiger partial charge in [-0.15, -0.1) is 0 Å². The Morgan fingerprint density at radius 2 is 2.00 bits per heavy atom. The molecule has 0 saturated carbocycles. The highest BCUT2D eigenvalue weighted by Crippen LogP contribution is 2.27. The molecule has 0 aromatic carbocycles. The number of amides is 2. The summed E-state index contributed by atoms with van der Waals surface area (Å²) in [5, 5.41) is 2.02. The van der Waals surface area contributed by atoms with E-state index in [2.05, 4.69) is 6.58 Å². The van der Waals surface area contributed by atoms with Crippen LogP contribution >= 0.6 is 0 Å². The first-order valence-electron chi connectivity index (χ1n) is 5.82. The molecule has 1 saturated heterocycles. The molecule has 0 spiro atoms. The summed E-state index contributed by atoms with van der Waals surface area (Å²) in [6.45, 7) is 6.96. The van der Waals surface area contributed by atoms with Gasteiger partial charge in [-0.25, -0.2) is 9.59 Å². The molecular formula is C12H17NO6. The molecule has 0 bridgehead atoms. The van der Waals surface area contributed by atoms with Crippen LogP contribution in [0.25, 0.3) is 0 Å². The van der Waals surface area contributed by atoms with Crippen molar-refractivity contribution in [2.24, 2.45) is 5.41 Å². The monoisotopic (exact) mass is 271 g/mol. The number of hydrogen-bond acceptors (Lipinski definition) is 6. The SMILES string of the molecule is C=C(C)C(=O)NC(=O)OCC1(CC)COC(=O)OC1. The van der Waals surface area contributed by atoms with Crippen molar-refractivity contribution in [3.05, 3.63) is 12.2 Å². The van der Waals surface area contributed by atoms with Crippen LogP contribution in [0.1, 0.15) is 20.3 Å². The highest BCUT2D eigenvalue weighted by atomic mass is 16.7. The first-order valence-corrected chi connectivity index (χ1v) is 5.82. The van der Waals surface area contributed by atoms with Crippen LogP contribution in [0.5, 0.6) is 0 Å². The number of rotatable bonds is 4. The van der Waals surface area contributed by atoms with Gasteiger partial charge in [-0.3, -0.25) is 10.1 Å². The third-order valence-electron chi connectivity index (χ3n) is 2.86. The average Bonchev–Trinajstić information content (AvgIpc) is 2.38. The van der Waals surface area contributed by atoms with Crippen LogP contribution in [0.15, 0.2) is 12.2 Å². The highest BCUT2D eigenvalue weighted by Gasteiger charge is 2.37. The molecule has 1 rings (SSSR count). The van der Waals surface area contributed by atoms with Crippen LogP contribution in [-0.4, -0.2) is 38.0 Å². The smallest absolute Gasteiger partial charge is 0.448 e. The second kappa shape index (κ2) is 6.21. The van der Waals surface area contributed by atoms with E-state index in [0.29, 0.717) is 6.42 Å². The van der Waals surface area contributed by atoms with E-state index in [9.17, 15) is 14.4 Å². The van der Waals surface area contributed by atoms with Crippen LogP contribution in [0, 0.1) is 5.41 Å². The molecule has 1 fully saturated rings. The number of cyclic esters (lactones) is 2. The maximum Gasteiger partial charge on any atom is 0.508 e. The predicted octanol–water partition coefficient (Wildman–Crippen LogP) is 1.38. The number of hydrogen-bond donors (Lipinski definition) is 1. The number of nitrogens with one attached hydrogen (secondary N) is 1. The Morgan fingerprint density at radius 3 is 2.47 bits per heavy atom. The van der Waals surface area contributed by atoms with E-state index in [-0.39, 0.29) is 25.4 Å². The molecule has 7 nitrogen and oxygen atoms in total. The molecular weight excluding hydrogens is 254 g/mol. The Hall–Kier alpha value is -2.05. The van der Waals surface area contributed by atoms with Crippen LogP contribution in [-0.2, 0) is 19.0 Å². The molecule has 0 unspecified atom stereocenters. The Bertz CT molecular complexity index is 393. The normalized spacial score (nSPS) is 16.8. The number of carbonyl (C=O) groups excluding carboxylic acids is 3. The molecule has 106 valence electrons.